The van der Waals surface area contributed by atoms with Gasteiger partial charge in [0.2, 0.25) is 11.8 Å². The molecule has 10 nitrogen and oxygen atoms in total. The highest BCUT2D eigenvalue weighted by Crippen LogP contribution is 2.27. The topological polar surface area (TPSA) is 124 Å². The number of benzene rings is 1. The van der Waals surface area contributed by atoms with Crippen molar-refractivity contribution >= 4 is 53.4 Å². The highest BCUT2D eigenvalue weighted by molar-refractivity contribution is 5.96. The van der Waals surface area contributed by atoms with Crippen LogP contribution < -0.4 is 16.0 Å². The minimum absolute atomic E-state index is 0. The van der Waals surface area contributed by atoms with Gasteiger partial charge in [0.1, 0.15) is 5.82 Å². The maximum Gasteiger partial charge on any atom is 0.289 e. The number of hydrogen-bond acceptors (Lipinski definition) is 7. The number of carbonyl (C=O) groups is 1. The van der Waals surface area contributed by atoms with Crippen LogP contribution in [0, 0.1) is 12.3 Å². The van der Waals surface area contributed by atoms with Gasteiger partial charge in [0.05, 0.1) is 12.6 Å². The van der Waals surface area contributed by atoms with Crippen LogP contribution >= 0.6 is 24.8 Å². The van der Waals surface area contributed by atoms with Crippen LogP contribution in [0.2, 0.25) is 0 Å². The molecule has 4 N–H and O–H groups in total. The molecule has 3 rings (SSSR count). The summed E-state index contributed by atoms with van der Waals surface area (Å²) in [6.07, 6.45) is 4.73. The van der Waals surface area contributed by atoms with Crippen molar-refractivity contribution < 1.29 is 14.4 Å². The zero-order valence-electron chi connectivity index (χ0n) is 20.7. The number of hydroxylamine groups is 2. The SMILES string of the molecule is COCCCNC(=O)c1nc(N[C@H]2CCCC[C@H]2NC(=N)N(C)OC)c2cc(C)ccc2n1.Cl.Cl. The molecule has 1 saturated carbocycles. The van der Waals surface area contributed by atoms with Gasteiger partial charge < -0.3 is 20.7 Å². The van der Waals surface area contributed by atoms with Gasteiger partial charge >= 0.3 is 0 Å². The number of anilines is 1. The number of fused-ring (bicyclic) bond motifs is 1. The molecule has 2 aromatic rings. The van der Waals surface area contributed by atoms with Crippen molar-refractivity contribution in [2.24, 2.45) is 0 Å². The first-order valence-corrected chi connectivity index (χ1v) is 11.4. The van der Waals surface area contributed by atoms with Crippen molar-refractivity contribution in [3.05, 3.63) is 29.6 Å². The number of methoxy groups -OCH3 is 1. The summed E-state index contributed by atoms with van der Waals surface area (Å²) in [5.41, 5.74) is 1.81. The van der Waals surface area contributed by atoms with Crippen molar-refractivity contribution in [1.29, 1.82) is 5.41 Å². The average Bonchev–Trinajstić information content (AvgIpc) is 2.82. The van der Waals surface area contributed by atoms with E-state index in [-0.39, 0.29) is 54.6 Å². The monoisotopic (exact) mass is 529 g/mol. The van der Waals surface area contributed by atoms with Crippen molar-refractivity contribution in [1.82, 2.24) is 25.7 Å². The van der Waals surface area contributed by atoms with E-state index in [4.69, 9.17) is 15.0 Å². The lowest BCUT2D eigenvalue weighted by Crippen LogP contribution is -2.52. The number of aromatic nitrogens is 2. The first kappa shape index (κ1) is 30.6. The predicted molar refractivity (Wildman–Crippen MR) is 143 cm³/mol. The Morgan fingerprint density at radius 3 is 2.57 bits per heavy atom. The number of aryl methyl sites for hydroxylation is 1. The Morgan fingerprint density at radius 1 is 1.17 bits per heavy atom. The third kappa shape index (κ3) is 8.34. The highest BCUT2D eigenvalue weighted by atomic mass is 35.5. The van der Waals surface area contributed by atoms with E-state index in [1.54, 1.807) is 14.2 Å². The van der Waals surface area contributed by atoms with Crippen LogP contribution in [-0.4, -0.2) is 73.4 Å². The largest absolute Gasteiger partial charge is 0.385 e. The molecular weight excluding hydrogens is 493 g/mol. The fourth-order valence-electron chi connectivity index (χ4n) is 3.96. The number of amides is 1. The molecule has 0 spiro atoms. The Kier molecular flexibility index (Phi) is 13.0. The van der Waals surface area contributed by atoms with Crippen LogP contribution in [0.5, 0.6) is 0 Å². The average molecular weight is 531 g/mol. The summed E-state index contributed by atoms with van der Waals surface area (Å²) in [6, 6.07) is 6.00. The zero-order valence-corrected chi connectivity index (χ0v) is 22.4. The second-order valence-electron chi connectivity index (χ2n) is 8.33. The number of hydrogen-bond donors (Lipinski definition) is 4. The second-order valence-corrected chi connectivity index (χ2v) is 8.33. The Labute approximate surface area is 219 Å². The number of ether oxygens (including phenoxy) is 1. The molecule has 0 aliphatic heterocycles. The molecule has 1 aromatic carbocycles. The smallest absolute Gasteiger partial charge is 0.289 e. The lowest BCUT2D eigenvalue weighted by molar-refractivity contribution is -0.0469. The molecule has 1 aliphatic rings. The quantitative estimate of drug-likeness (QED) is 0.169. The third-order valence-corrected chi connectivity index (χ3v) is 5.86. The Bertz CT molecular complexity index is 980. The third-order valence-electron chi connectivity index (χ3n) is 5.86. The summed E-state index contributed by atoms with van der Waals surface area (Å²) in [7, 11) is 4.86. The number of rotatable bonds is 9. The molecule has 0 bridgehead atoms. The van der Waals surface area contributed by atoms with Crippen molar-refractivity contribution in [2.75, 3.05) is 39.7 Å². The lowest BCUT2D eigenvalue weighted by Gasteiger charge is -2.35. The molecular formula is C23H37Cl2N7O3. The molecule has 1 fully saturated rings. The molecule has 1 amide bonds. The number of carbonyl (C=O) groups excluding carboxylic acids is 1. The van der Waals surface area contributed by atoms with Crippen LogP contribution in [0.15, 0.2) is 18.2 Å². The van der Waals surface area contributed by atoms with Gasteiger partial charge in [0.15, 0.2) is 0 Å². The van der Waals surface area contributed by atoms with Crippen molar-refractivity contribution in [3.8, 4) is 0 Å². The van der Waals surface area contributed by atoms with E-state index in [1.165, 1.54) is 12.2 Å². The molecule has 196 valence electrons. The van der Waals surface area contributed by atoms with E-state index in [1.807, 2.05) is 25.1 Å². The van der Waals surface area contributed by atoms with E-state index >= 15 is 0 Å². The van der Waals surface area contributed by atoms with E-state index in [9.17, 15) is 4.79 Å². The number of nitrogens with one attached hydrogen (secondary N) is 4. The summed E-state index contributed by atoms with van der Waals surface area (Å²) in [5, 5.41) is 20.2. The van der Waals surface area contributed by atoms with Crippen LogP contribution in [0.1, 0.15) is 48.3 Å². The van der Waals surface area contributed by atoms with E-state index in [2.05, 4.69) is 25.9 Å². The van der Waals surface area contributed by atoms with Crippen LogP contribution in [-0.2, 0) is 9.57 Å². The molecule has 0 radical (unpaired) electrons. The minimum Gasteiger partial charge on any atom is -0.385 e. The van der Waals surface area contributed by atoms with Gasteiger partial charge in [-0.1, -0.05) is 24.5 Å². The normalized spacial score (nSPS) is 17.0. The van der Waals surface area contributed by atoms with E-state index < -0.39 is 0 Å². The van der Waals surface area contributed by atoms with E-state index in [0.717, 1.165) is 43.1 Å². The second kappa shape index (κ2) is 14.9. The summed E-state index contributed by atoms with van der Waals surface area (Å²) in [4.78, 5) is 27.0. The number of guanidine groups is 1. The van der Waals surface area contributed by atoms with Gasteiger partial charge in [-0.15, -0.1) is 24.8 Å². The van der Waals surface area contributed by atoms with Gasteiger partial charge in [-0.05, 0) is 38.3 Å². The van der Waals surface area contributed by atoms with Gasteiger partial charge in [0, 0.05) is 44.8 Å². The Morgan fingerprint density at radius 2 is 1.89 bits per heavy atom. The molecule has 35 heavy (non-hydrogen) atoms. The lowest BCUT2D eigenvalue weighted by atomic mass is 9.90. The maximum absolute atomic E-state index is 12.7. The molecule has 0 saturated heterocycles. The first-order valence-electron chi connectivity index (χ1n) is 11.4. The molecule has 12 heteroatoms. The van der Waals surface area contributed by atoms with E-state index in [0.29, 0.717) is 24.5 Å². The number of nitrogens with zero attached hydrogens (tertiary/aromatic N) is 3. The standard InChI is InChI=1S/C23H35N7O3.2ClH/c1-15-10-11-17-16(14-15)20(29-21(26-17)22(31)25-12-7-13-32-3)27-18-8-5-6-9-19(18)28-23(24)30(2)33-4;;/h10-11,14,18-19H,5-9,12-13H2,1-4H3,(H2,24,28)(H,25,31)(H,26,27,29);2*1H/t18-,19+;;/m0../s1. The summed E-state index contributed by atoms with van der Waals surface area (Å²) in [6.45, 7) is 3.09. The fraction of sp³-hybridized carbons (Fsp3) is 0.565. The van der Waals surface area contributed by atoms with Gasteiger partial charge in [0.25, 0.3) is 5.91 Å². The van der Waals surface area contributed by atoms with Crippen LogP contribution in [0.3, 0.4) is 0 Å². The van der Waals surface area contributed by atoms with Crippen LogP contribution in [0.4, 0.5) is 5.82 Å². The summed E-state index contributed by atoms with van der Waals surface area (Å²) in [5.74, 6) is 0.670. The maximum atomic E-state index is 12.7. The molecule has 1 aromatic heterocycles. The highest BCUT2D eigenvalue weighted by Gasteiger charge is 2.28. The summed E-state index contributed by atoms with van der Waals surface area (Å²) >= 11 is 0. The first-order chi connectivity index (χ1) is 15.9. The summed E-state index contributed by atoms with van der Waals surface area (Å²) < 4.78 is 5.04. The van der Waals surface area contributed by atoms with Gasteiger partial charge in [-0.25, -0.2) is 15.0 Å². The zero-order chi connectivity index (χ0) is 23.8. The Hall–Kier alpha value is -2.40. The fourth-order valence-corrected chi connectivity index (χ4v) is 3.96. The minimum atomic E-state index is -0.307. The van der Waals surface area contributed by atoms with Gasteiger partial charge in [-0.2, -0.15) is 0 Å². The van der Waals surface area contributed by atoms with Crippen molar-refractivity contribution in [3.63, 3.8) is 0 Å². The molecule has 1 aliphatic carbocycles. The Balaban J connectivity index is 0.00000306. The molecule has 2 atom stereocenters. The van der Waals surface area contributed by atoms with Gasteiger partial charge in [-0.3, -0.25) is 15.0 Å². The number of halogens is 2. The predicted octanol–water partition coefficient (Wildman–Crippen LogP) is 3.29. The van der Waals surface area contributed by atoms with Crippen molar-refractivity contribution in [2.45, 2.75) is 51.1 Å². The van der Waals surface area contributed by atoms with Crippen LogP contribution in [0.25, 0.3) is 10.9 Å². The molecule has 1 heterocycles. The molecule has 0 unspecified atom stereocenters.